The van der Waals surface area contributed by atoms with E-state index >= 15 is 0 Å². The van der Waals surface area contributed by atoms with Gasteiger partial charge in [0, 0.05) is 11.7 Å². The lowest BCUT2D eigenvalue weighted by Gasteiger charge is -2.26. The van der Waals surface area contributed by atoms with Crippen LogP contribution in [0.3, 0.4) is 0 Å². The highest BCUT2D eigenvalue weighted by molar-refractivity contribution is 5.99. The molecule has 2 atom stereocenters. The van der Waals surface area contributed by atoms with Crippen molar-refractivity contribution in [3.05, 3.63) is 59.7 Å². The van der Waals surface area contributed by atoms with Gasteiger partial charge >= 0.3 is 6.18 Å². The summed E-state index contributed by atoms with van der Waals surface area (Å²) in [5, 5.41) is 0. The first-order valence-electron chi connectivity index (χ1n) is 8.02. The monoisotopic (exact) mass is 349 g/mol. The minimum Gasteiger partial charge on any atom is -0.481 e. The van der Waals surface area contributed by atoms with Gasteiger partial charge < -0.3 is 9.64 Å². The van der Waals surface area contributed by atoms with Crippen LogP contribution in [0.4, 0.5) is 18.9 Å². The minimum absolute atomic E-state index is 0.0162. The third-order valence-electron chi connectivity index (χ3n) is 4.27. The average Bonchev–Trinajstić information content (AvgIpc) is 2.89. The molecule has 0 N–H and O–H groups in total. The molecular formula is C19H18F3NO2. The Balaban J connectivity index is 1.78. The topological polar surface area (TPSA) is 29.5 Å². The Bertz CT molecular complexity index is 788. The molecule has 0 spiro atoms. The molecule has 0 bridgehead atoms. The van der Waals surface area contributed by atoms with Gasteiger partial charge in [0.2, 0.25) is 0 Å². The minimum atomic E-state index is -4.45. The van der Waals surface area contributed by atoms with Gasteiger partial charge in [-0.05, 0) is 50.1 Å². The van der Waals surface area contributed by atoms with Crippen LogP contribution in [0.2, 0.25) is 0 Å². The molecule has 1 amide bonds. The van der Waals surface area contributed by atoms with Crippen LogP contribution in [0.15, 0.2) is 48.5 Å². The van der Waals surface area contributed by atoms with Crippen molar-refractivity contribution < 1.29 is 22.7 Å². The molecule has 0 saturated heterocycles. The van der Waals surface area contributed by atoms with Crippen molar-refractivity contribution in [2.24, 2.45) is 0 Å². The number of nitrogens with zero attached hydrogens (tertiary/aromatic N) is 1. The van der Waals surface area contributed by atoms with Crippen LogP contribution in [0, 0.1) is 0 Å². The van der Waals surface area contributed by atoms with Crippen molar-refractivity contribution in [2.45, 2.75) is 38.6 Å². The molecule has 3 rings (SSSR count). The summed E-state index contributed by atoms with van der Waals surface area (Å²) in [6.45, 7) is 3.49. The number of amides is 1. The molecule has 1 aliphatic heterocycles. The number of ether oxygens (including phenoxy) is 1. The lowest BCUT2D eigenvalue weighted by molar-refractivity contribution is -0.137. The third kappa shape index (κ3) is 3.48. The predicted octanol–water partition coefficient (Wildman–Crippen LogP) is 4.45. The number of carbonyl (C=O) groups is 1. The van der Waals surface area contributed by atoms with Crippen molar-refractivity contribution in [3.63, 3.8) is 0 Å². The van der Waals surface area contributed by atoms with Gasteiger partial charge in [-0.25, -0.2) is 0 Å². The quantitative estimate of drug-likeness (QED) is 0.819. The van der Waals surface area contributed by atoms with Gasteiger partial charge in [-0.15, -0.1) is 0 Å². The van der Waals surface area contributed by atoms with Gasteiger partial charge in [-0.3, -0.25) is 4.79 Å². The Morgan fingerprint density at radius 1 is 1.20 bits per heavy atom. The molecule has 0 radical (unpaired) electrons. The summed E-state index contributed by atoms with van der Waals surface area (Å²) in [7, 11) is 0. The highest BCUT2D eigenvalue weighted by Crippen LogP contribution is 2.34. The molecule has 6 heteroatoms. The highest BCUT2D eigenvalue weighted by Gasteiger charge is 2.34. The third-order valence-corrected chi connectivity index (χ3v) is 4.27. The van der Waals surface area contributed by atoms with E-state index in [1.165, 1.54) is 12.1 Å². The summed E-state index contributed by atoms with van der Waals surface area (Å²) in [5.41, 5.74) is 1.11. The maximum atomic E-state index is 12.8. The summed E-state index contributed by atoms with van der Waals surface area (Å²) < 4.78 is 43.9. The van der Waals surface area contributed by atoms with Gasteiger partial charge in [-0.2, -0.15) is 13.2 Å². The molecule has 2 aromatic carbocycles. The number of hydrogen-bond acceptors (Lipinski definition) is 2. The number of rotatable bonds is 3. The molecule has 25 heavy (non-hydrogen) atoms. The maximum Gasteiger partial charge on any atom is 0.416 e. The van der Waals surface area contributed by atoms with Crippen LogP contribution in [-0.2, 0) is 17.4 Å². The van der Waals surface area contributed by atoms with E-state index in [-0.39, 0.29) is 17.7 Å². The van der Waals surface area contributed by atoms with Crippen LogP contribution < -0.4 is 9.64 Å². The van der Waals surface area contributed by atoms with Gasteiger partial charge in [0.15, 0.2) is 6.10 Å². The van der Waals surface area contributed by atoms with Crippen LogP contribution in [0.5, 0.6) is 5.75 Å². The Morgan fingerprint density at radius 2 is 1.92 bits per heavy atom. The van der Waals surface area contributed by atoms with Gasteiger partial charge in [0.05, 0.1) is 5.56 Å². The van der Waals surface area contributed by atoms with Crippen LogP contribution >= 0.6 is 0 Å². The van der Waals surface area contributed by atoms with E-state index < -0.39 is 17.8 Å². The van der Waals surface area contributed by atoms with Crippen LogP contribution in [0.25, 0.3) is 0 Å². The second kappa shape index (κ2) is 6.43. The molecule has 0 saturated carbocycles. The number of benzene rings is 2. The van der Waals surface area contributed by atoms with Crippen molar-refractivity contribution >= 4 is 11.6 Å². The van der Waals surface area contributed by atoms with Crippen molar-refractivity contribution in [1.82, 2.24) is 0 Å². The zero-order valence-electron chi connectivity index (χ0n) is 13.9. The number of alkyl halides is 3. The maximum absolute atomic E-state index is 12.8. The molecule has 2 aromatic rings. The fourth-order valence-electron chi connectivity index (χ4n) is 3.10. The molecule has 3 nitrogen and oxygen atoms in total. The number of anilines is 1. The first-order valence-corrected chi connectivity index (χ1v) is 8.02. The van der Waals surface area contributed by atoms with Gasteiger partial charge in [0.1, 0.15) is 5.75 Å². The molecule has 2 unspecified atom stereocenters. The van der Waals surface area contributed by atoms with E-state index in [2.05, 4.69) is 0 Å². The number of fused-ring (bicyclic) bond motifs is 1. The molecule has 0 aliphatic carbocycles. The Labute approximate surface area is 144 Å². The number of para-hydroxylation sites is 1. The van der Waals surface area contributed by atoms with E-state index in [0.29, 0.717) is 0 Å². The zero-order valence-corrected chi connectivity index (χ0v) is 13.9. The average molecular weight is 349 g/mol. The van der Waals surface area contributed by atoms with E-state index in [1.54, 1.807) is 11.8 Å². The Kier molecular flexibility index (Phi) is 4.45. The molecule has 132 valence electrons. The molecule has 0 fully saturated rings. The van der Waals surface area contributed by atoms with Crippen molar-refractivity contribution in [3.8, 4) is 5.75 Å². The summed E-state index contributed by atoms with van der Waals surface area (Å²) in [5.74, 6) is -0.245. The lowest BCUT2D eigenvalue weighted by atomic mass is 10.1. The van der Waals surface area contributed by atoms with Crippen molar-refractivity contribution in [2.75, 3.05) is 4.90 Å². The smallest absolute Gasteiger partial charge is 0.416 e. The lowest BCUT2D eigenvalue weighted by Crippen LogP contribution is -2.43. The zero-order chi connectivity index (χ0) is 18.2. The number of hydrogen-bond donors (Lipinski definition) is 0. The van der Waals surface area contributed by atoms with Crippen LogP contribution in [0.1, 0.15) is 25.0 Å². The number of carbonyl (C=O) groups excluding carboxylic acids is 1. The van der Waals surface area contributed by atoms with Gasteiger partial charge in [0.25, 0.3) is 5.91 Å². The van der Waals surface area contributed by atoms with E-state index in [0.717, 1.165) is 29.8 Å². The SMILES string of the molecule is CC(Oc1cccc(C(F)(F)F)c1)C(=O)N1c2ccccc2CC1C. The molecule has 0 aromatic heterocycles. The van der Waals surface area contributed by atoms with Crippen LogP contribution in [-0.4, -0.2) is 18.1 Å². The van der Waals surface area contributed by atoms with E-state index in [1.807, 2.05) is 31.2 Å². The first kappa shape index (κ1) is 17.3. The second-order valence-corrected chi connectivity index (χ2v) is 6.18. The summed E-state index contributed by atoms with van der Waals surface area (Å²) in [6.07, 6.45) is -4.59. The Morgan fingerprint density at radius 3 is 2.64 bits per heavy atom. The molecular weight excluding hydrogens is 331 g/mol. The van der Waals surface area contributed by atoms with E-state index in [9.17, 15) is 18.0 Å². The second-order valence-electron chi connectivity index (χ2n) is 6.18. The standard InChI is InChI=1S/C19H18F3NO2/c1-12-10-14-6-3-4-9-17(14)23(12)18(24)13(2)25-16-8-5-7-15(11-16)19(20,21)22/h3-9,11-13H,10H2,1-2H3. The normalized spacial score (nSPS) is 18.0. The predicted molar refractivity (Wildman–Crippen MR) is 88.6 cm³/mol. The van der Waals surface area contributed by atoms with E-state index in [4.69, 9.17) is 4.74 Å². The highest BCUT2D eigenvalue weighted by atomic mass is 19.4. The number of halogens is 3. The summed E-state index contributed by atoms with van der Waals surface area (Å²) in [4.78, 5) is 14.4. The van der Waals surface area contributed by atoms with Crippen molar-refractivity contribution in [1.29, 1.82) is 0 Å². The Hall–Kier alpha value is -2.50. The summed E-state index contributed by atoms with van der Waals surface area (Å²) >= 11 is 0. The fraction of sp³-hybridized carbons (Fsp3) is 0.316. The molecule has 1 heterocycles. The molecule has 1 aliphatic rings. The fourth-order valence-corrected chi connectivity index (χ4v) is 3.10. The largest absolute Gasteiger partial charge is 0.481 e. The first-order chi connectivity index (χ1) is 11.8. The summed E-state index contributed by atoms with van der Waals surface area (Å²) in [6, 6.07) is 12.2. The van der Waals surface area contributed by atoms with Gasteiger partial charge in [-0.1, -0.05) is 24.3 Å².